The Morgan fingerprint density at radius 1 is 1.20 bits per heavy atom. The van der Waals surface area contributed by atoms with Crippen LogP contribution in [0.25, 0.3) is 0 Å². The molecule has 1 aliphatic heterocycles. The lowest BCUT2D eigenvalue weighted by Crippen LogP contribution is -2.42. The molecule has 2 N–H and O–H groups in total. The zero-order valence-electron chi connectivity index (χ0n) is 11.8. The summed E-state index contributed by atoms with van der Waals surface area (Å²) < 4.78 is 10.5. The molecule has 1 aromatic carbocycles. The number of aliphatic hydroxyl groups is 1. The van der Waals surface area contributed by atoms with Gasteiger partial charge in [-0.05, 0) is 25.1 Å². The second-order valence-corrected chi connectivity index (χ2v) is 5.14. The zero-order chi connectivity index (χ0) is 14.5. The Labute approximate surface area is 124 Å². The number of methoxy groups -OCH3 is 2. The molecule has 0 amide bonds. The molecule has 0 radical (unpaired) electrons. The van der Waals surface area contributed by atoms with Crippen LogP contribution in [-0.4, -0.2) is 48.5 Å². The summed E-state index contributed by atoms with van der Waals surface area (Å²) in [5.41, 5.74) is 0.831. The summed E-state index contributed by atoms with van der Waals surface area (Å²) in [7, 11) is 3.23. The van der Waals surface area contributed by atoms with E-state index in [9.17, 15) is 5.11 Å². The number of piperidine rings is 1. The SMILES string of the molecule is COc1cc(NC(=S)N2CCC(O)CC2)cc(OC)c1. The Morgan fingerprint density at radius 3 is 2.25 bits per heavy atom. The Hall–Kier alpha value is -1.53. The fraction of sp³-hybridized carbons (Fsp3) is 0.500. The van der Waals surface area contributed by atoms with Gasteiger partial charge in [0.05, 0.1) is 20.3 Å². The van der Waals surface area contributed by atoms with Crippen LogP contribution in [0.5, 0.6) is 11.5 Å². The molecule has 1 fully saturated rings. The standard InChI is InChI=1S/C14H20N2O3S/c1-18-12-7-10(8-13(9-12)19-2)15-14(20)16-5-3-11(17)4-6-16/h7-9,11,17H,3-6H2,1-2H3,(H,15,20). The van der Waals surface area contributed by atoms with E-state index in [1.807, 2.05) is 18.2 Å². The van der Waals surface area contributed by atoms with Gasteiger partial charge in [0.25, 0.3) is 0 Å². The van der Waals surface area contributed by atoms with Gasteiger partial charge in [-0.3, -0.25) is 0 Å². The van der Waals surface area contributed by atoms with Gasteiger partial charge in [0, 0.05) is 37.0 Å². The number of nitrogens with zero attached hydrogens (tertiary/aromatic N) is 1. The molecule has 20 heavy (non-hydrogen) atoms. The van der Waals surface area contributed by atoms with E-state index in [0.29, 0.717) is 16.6 Å². The van der Waals surface area contributed by atoms with E-state index in [0.717, 1.165) is 31.6 Å². The minimum absolute atomic E-state index is 0.203. The van der Waals surface area contributed by atoms with Crippen LogP contribution < -0.4 is 14.8 Å². The molecule has 0 saturated carbocycles. The van der Waals surface area contributed by atoms with Crippen molar-refractivity contribution in [2.75, 3.05) is 32.6 Å². The monoisotopic (exact) mass is 296 g/mol. The lowest BCUT2D eigenvalue weighted by atomic mass is 10.1. The van der Waals surface area contributed by atoms with E-state index < -0.39 is 0 Å². The summed E-state index contributed by atoms with van der Waals surface area (Å²) in [5, 5.41) is 13.4. The highest BCUT2D eigenvalue weighted by Gasteiger charge is 2.19. The zero-order valence-corrected chi connectivity index (χ0v) is 12.6. The predicted molar refractivity (Wildman–Crippen MR) is 82.6 cm³/mol. The molecule has 1 heterocycles. The molecular formula is C14H20N2O3S. The van der Waals surface area contributed by atoms with Gasteiger partial charge in [0.15, 0.2) is 5.11 Å². The molecule has 1 aromatic rings. The van der Waals surface area contributed by atoms with Crippen LogP contribution in [-0.2, 0) is 0 Å². The normalized spacial score (nSPS) is 15.8. The van der Waals surface area contributed by atoms with Crippen molar-refractivity contribution in [1.29, 1.82) is 0 Å². The third-order valence-corrected chi connectivity index (χ3v) is 3.71. The number of hydrogen-bond donors (Lipinski definition) is 2. The van der Waals surface area contributed by atoms with Crippen molar-refractivity contribution in [2.24, 2.45) is 0 Å². The summed E-state index contributed by atoms with van der Waals surface area (Å²) in [6.45, 7) is 1.54. The van der Waals surface area contributed by atoms with Crippen molar-refractivity contribution in [3.05, 3.63) is 18.2 Å². The largest absolute Gasteiger partial charge is 0.497 e. The summed E-state index contributed by atoms with van der Waals surface area (Å²) in [5.74, 6) is 1.42. The van der Waals surface area contributed by atoms with Crippen molar-refractivity contribution in [1.82, 2.24) is 4.90 Å². The number of likely N-dealkylation sites (tertiary alicyclic amines) is 1. The Balaban J connectivity index is 2.03. The average molecular weight is 296 g/mol. The first-order valence-corrected chi connectivity index (χ1v) is 7.00. The fourth-order valence-corrected chi connectivity index (χ4v) is 2.45. The van der Waals surface area contributed by atoms with Gasteiger partial charge in [-0.15, -0.1) is 0 Å². The summed E-state index contributed by atoms with van der Waals surface area (Å²) >= 11 is 5.41. The quantitative estimate of drug-likeness (QED) is 0.830. The van der Waals surface area contributed by atoms with Gasteiger partial charge in [-0.1, -0.05) is 0 Å². The van der Waals surface area contributed by atoms with Gasteiger partial charge in [0.2, 0.25) is 0 Å². The van der Waals surface area contributed by atoms with Gasteiger partial charge < -0.3 is 24.8 Å². The Kier molecular flexibility index (Phi) is 5.03. The first-order chi connectivity index (χ1) is 9.62. The highest BCUT2D eigenvalue weighted by molar-refractivity contribution is 7.80. The molecule has 110 valence electrons. The number of benzene rings is 1. The van der Waals surface area contributed by atoms with E-state index >= 15 is 0 Å². The highest BCUT2D eigenvalue weighted by Crippen LogP contribution is 2.26. The summed E-state index contributed by atoms with van der Waals surface area (Å²) in [4.78, 5) is 2.06. The smallest absolute Gasteiger partial charge is 0.173 e. The van der Waals surface area contributed by atoms with Crippen molar-refractivity contribution >= 4 is 23.0 Å². The predicted octanol–water partition coefficient (Wildman–Crippen LogP) is 1.86. The number of ether oxygens (including phenoxy) is 2. The maximum absolute atomic E-state index is 9.51. The van der Waals surface area contributed by atoms with Gasteiger partial charge in [0.1, 0.15) is 11.5 Å². The van der Waals surface area contributed by atoms with Crippen LogP contribution in [0.3, 0.4) is 0 Å². The molecule has 1 saturated heterocycles. The Morgan fingerprint density at radius 2 is 1.75 bits per heavy atom. The van der Waals surface area contributed by atoms with Crippen molar-refractivity contribution in [3.63, 3.8) is 0 Å². The van der Waals surface area contributed by atoms with Crippen LogP contribution >= 0.6 is 12.2 Å². The number of thiocarbonyl (C=S) groups is 1. The summed E-state index contributed by atoms with van der Waals surface area (Å²) in [6.07, 6.45) is 1.30. The molecule has 1 aliphatic rings. The molecule has 0 aromatic heterocycles. The molecule has 0 spiro atoms. The molecule has 5 nitrogen and oxygen atoms in total. The van der Waals surface area contributed by atoms with Gasteiger partial charge in [-0.25, -0.2) is 0 Å². The van der Waals surface area contributed by atoms with Gasteiger partial charge in [-0.2, -0.15) is 0 Å². The number of anilines is 1. The topological polar surface area (TPSA) is 54.0 Å². The molecule has 0 aliphatic carbocycles. The van der Waals surface area contributed by atoms with Crippen molar-refractivity contribution in [2.45, 2.75) is 18.9 Å². The number of nitrogens with one attached hydrogen (secondary N) is 1. The lowest BCUT2D eigenvalue weighted by molar-refractivity contribution is 0.110. The van der Waals surface area contributed by atoms with Crippen LogP contribution in [0.15, 0.2) is 18.2 Å². The minimum atomic E-state index is -0.203. The van der Waals surface area contributed by atoms with E-state index in [2.05, 4.69) is 10.2 Å². The van der Waals surface area contributed by atoms with Crippen LogP contribution in [0.4, 0.5) is 5.69 Å². The number of rotatable bonds is 3. The van der Waals surface area contributed by atoms with Crippen molar-refractivity contribution < 1.29 is 14.6 Å². The third kappa shape index (κ3) is 3.74. The third-order valence-electron chi connectivity index (χ3n) is 3.35. The van der Waals surface area contributed by atoms with Crippen molar-refractivity contribution in [3.8, 4) is 11.5 Å². The molecule has 2 rings (SSSR count). The van der Waals surface area contributed by atoms with E-state index in [1.54, 1.807) is 14.2 Å². The average Bonchev–Trinajstić information content (AvgIpc) is 2.47. The Bertz CT molecular complexity index is 451. The minimum Gasteiger partial charge on any atom is -0.497 e. The second kappa shape index (κ2) is 6.76. The molecule has 0 atom stereocenters. The van der Waals surface area contributed by atoms with E-state index in [1.165, 1.54) is 0 Å². The first kappa shape index (κ1) is 14.9. The van der Waals surface area contributed by atoms with Crippen LogP contribution in [0.1, 0.15) is 12.8 Å². The maximum atomic E-state index is 9.51. The molecule has 6 heteroatoms. The number of hydrogen-bond acceptors (Lipinski definition) is 4. The molecular weight excluding hydrogens is 276 g/mol. The maximum Gasteiger partial charge on any atom is 0.173 e. The molecule has 0 unspecified atom stereocenters. The van der Waals surface area contributed by atoms with E-state index in [4.69, 9.17) is 21.7 Å². The van der Waals surface area contributed by atoms with Crippen LogP contribution in [0, 0.1) is 0 Å². The van der Waals surface area contributed by atoms with Gasteiger partial charge >= 0.3 is 0 Å². The molecule has 0 bridgehead atoms. The lowest BCUT2D eigenvalue weighted by Gasteiger charge is -2.31. The number of aliphatic hydroxyl groups excluding tert-OH is 1. The fourth-order valence-electron chi connectivity index (χ4n) is 2.15. The van der Waals surface area contributed by atoms with E-state index in [-0.39, 0.29) is 6.10 Å². The van der Waals surface area contributed by atoms with Crippen LogP contribution in [0.2, 0.25) is 0 Å². The summed E-state index contributed by atoms with van der Waals surface area (Å²) in [6, 6.07) is 5.55. The first-order valence-electron chi connectivity index (χ1n) is 6.59. The second-order valence-electron chi connectivity index (χ2n) is 4.75. The highest BCUT2D eigenvalue weighted by atomic mass is 32.1.